The van der Waals surface area contributed by atoms with Crippen molar-refractivity contribution in [2.75, 3.05) is 10.2 Å². The number of fused-ring (bicyclic) bond motifs is 4. The number of hydrogen-bond donors (Lipinski definition) is 1. The molecular formula is C57H40BN2. The van der Waals surface area contributed by atoms with Gasteiger partial charge in [0.2, 0.25) is 0 Å². The van der Waals surface area contributed by atoms with Crippen LogP contribution in [0.5, 0.6) is 0 Å². The maximum absolute atomic E-state index is 3.90. The second kappa shape index (κ2) is 15.0. The molecule has 0 saturated carbocycles. The van der Waals surface area contributed by atoms with Gasteiger partial charge in [0.05, 0.1) is 0 Å². The third-order valence-corrected chi connectivity index (χ3v) is 12.0. The van der Waals surface area contributed by atoms with E-state index >= 15 is 0 Å². The van der Waals surface area contributed by atoms with Crippen LogP contribution in [0.15, 0.2) is 218 Å². The van der Waals surface area contributed by atoms with Gasteiger partial charge in [-0.25, -0.2) is 0 Å². The molecule has 0 aromatic heterocycles. The smallest absolute Gasteiger partial charge is 0.197 e. The highest BCUT2D eigenvalue weighted by Gasteiger charge is 2.31. The maximum atomic E-state index is 3.90. The fourth-order valence-electron chi connectivity index (χ4n) is 8.94. The first-order valence-corrected chi connectivity index (χ1v) is 20.7. The van der Waals surface area contributed by atoms with Gasteiger partial charge >= 0.3 is 0 Å². The van der Waals surface area contributed by atoms with Crippen molar-refractivity contribution >= 4 is 68.2 Å². The highest BCUT2D eigenvalue weighted by Crippen LogP contribution is 2.45. The molecule has 1 N–H and O–H groups in total. The van der Waals surface area contributed by atoms with Crippen LogP contribution in [0.1, 0.15) is 5.56 Å². The Hall–Kier alpha value is -7.62. The molecule has 1 aliphatic heterocycles. The molecule has 0 atom stereocenters. The first-order valence-electron chi connectivity index (χ1n) is 20.7. The molecule has 60 heavy (non-hydrogen) atoms. The average Bonchev–Trinajstić information content (AvgIpc) is 3.31. The van der Waals surface area contributed by atoms with Gasteiger partial charge in [-0.05, 0) is 121 Å². The van der Waals surface area contributed by atoms with Gasteiger partial charge in [0, 0.05) is 34.0 Å². The van der Waals surface area contributed by atoms with Crippen molar-refractivity contribution in [2.24, 2.45) is 0 Å². The molecule has 3 heteroatoms. The molecule has 0 spiro atoms. The van der Waals surface area contributed by atoms with E-state index in [0.29, 0.717) is 0 Å². The summed E-state index contributed by atoms with van der Waals surface area (Å²) in [5.74, 6) is 0. The van der Waals surface area contributed by atoms with E-state index in [1.807, 2.05) is 0 Å². The zero-order chi connectivity index (χ0) is 40.0. The number of aryl methyl sites for hydroxylation is 1. The van der Waals surface area contributed by atoms with Gasteiger partial charge in [0.25, 0.3) is 0 Å². The summed E-state index contributed by atoms with van der Waals surface area (Å²) in [5.41, 5.74) is 18.6. The van der Waals surface area contributed by atoms with Crippen molar-refractivity contribution in [3.63, 3.8) is 0 Å². The average molecular weight is 764 g/mol. The topological polar surface area (TPSA) is 15.3 Å². The summed E-state index contributed by atoms with van der Waals surface area (Å²) in [6.45, 7) is 2.24. The van der Waals surface area contributed by atoms with E-state index < -0.39 is 0 Å². The highest BCUT2D eigenvalue weighted by atomic mass is 15.2. The van der Waals surface area contributed by atoms with E-state index in [1.165, 1.54) is 82.7 Å². The van der Waals surface area contributed by atoms with Crippen molar-refractivity contribution in [2.45, 2.75) is 6.92 Å². The summed E-state index contributed by atoms with van der Waals surface area (Å²) < 4.78 is 0. The quantitative estimate of drug-likeness (QED) is 0.163. The Morgan fingerprint density at radius 1 is 0.400 bits per heavy atom. The number of nitrogens with one attached hydrogen (secondary N) is 1. The number of benzene rings is 10. The van der Waals surface area contributed by atoms with Gasteiger partial charge in [0.1, 0.15) is 0 Å². The second-order valence-corrected chi connectivity index (χ2v) is 15.7. The van der Waals surface area contributed by atoms with Crippen LogP contribution in [-0.2, 0) is 0 Å². The van der Waals surface area contributed by atoms with E-state index in [9.17, 15) is 0 Å². The van der Waals surface area contributed by atoms with Crippen LogP contribution in [0.2, 0.25) is 0 Å². The lowest BCUT2D eigenvalue weighted by atomic mass is 9.57. The van der Waals surface area contributed by atoms with E-state index in [0.717, 1.165) is 28.3 Å². The highest BCUT2D eigenvalue weighted by molar-refractivity contribution is 6.73. The Bertz CT molecular complexity index is 3190. The van der Waals surface area contributed by atoms with E-state index in [1.54, 1.807) is 0 Å². The Morgan fingerprint density at radius 2 is 0.950 bits per heavy atom. The molecule has 1 aliphatic rings. The fourth-order valence-corrected chi connectivity index (χ4v) is 8.94. The molecule has 2 nitrogen and oxygen atoms in total. The van der Waals surface area contributed by atoms with E-state index in [2.05, 4.69) is 243 Å². The lowest BCUT2D eigenvalue weighted by Crippen LogP contribution is -2.41. The minimum atomic E-state index is 1.04. The summed E-state index contributed by atoms with van der Waals surface area (Å²) >= 11 is 0. The molecule has 0 amide bonds. The molecule has 10 aromatic carbocycles. The molecule has 11 rings (SSSR count). The van der Waals surface area contributed by atoms with Gasteiger partial charge in [-0.3, -0.25) is 0 Å². The maximum Gasteiger partial charge on any atom is 0.197 e. The van der Waals surface area contributed by atoms with Gasteiger partial charge < -0.3 is 10.2 Å². The molecule has 0 fully saturated rings. The molecule has 0 bridgehead atoms. The fraction of sp³-hybridized carbons (Fsp3) is 0.0175. The van der Waals surface area contributed by atoms with Gasteiger partial charge in [-0.15, -0.1) is 0 Å². The molecule has 1 heterocycles. The Morgan fingerprint density at radius 3 is 1.65 bits per heavy atom. The normalized spacial score (nSPS) is 11.8. The predicted octanol–water partition coefficient (Wildman–Crippen LogP) is 14.2. The predicted molar refractivity (Wildman–Crippen MR) is 257 cm³/mol. The third kappa shape index (κ3) is 6.42. The zero-order valence-electron chi connectivity index (χ0n) is 33.3. The number of nitrogens with zero attached hydrogens (tertiary/aromatic N) is 1. The molecular weight excluding hydrogens is 723 g/mol. The number of rotatable bonds is 7. The minimum absolute atomic E-state index is 1.04. The van der Waals surface area contributed by atoms with Crippen LogP contribution >= 0.6 is 0 Å². The summed E-state index contributed by atoms with van der Waals surface area (Å²) in [7, 11) is 2.42. The molecule has 281 valence electrons. The van der Waals surface area contributed by atoms with Crippen molar-refractivity contribution in [3.8, 4) is 44.5 Å². The monoisotopic (exact) mass is 763 g/mol. The van der Waals surface area contributed by atoms with Gasteiger partial charge in [-0.2, -0.15) is 0 Å². The molecule has 0 aliphatic carbocycles. The number of hydrogen-bond acceptors (Lipinski definition) is 2. The third-order valence-electron chi connectivity index (χ3n) is 12.0. The van der Waals surface area contributed by atoms with Crippen molar-refractivity contribution < 1.29 is 0 Å². The zero-order valence-corrected chi connectivity index (χ0v) is 33.3. The van der Waals surface area contributed by atoms with Crippen LogP contribution < -0.4 is 21.1 Å². The van der Waals surface area contributed by atoms with Crippen molar-refractivity contribution in [1.82, 2.24) is 0 Å². The van der Waals surface area contributed by atoms with Gasteiger partial charge in [-0.1, -0.05) is 181 Å². The Balaban J connectivity index is 1.18. The minimum Gasteiger partial charge on any atom is -0.355 e. The van der Waals surface area contributed by atoms with Crippen molar-refractivity contribution in [1.29, 1.82) is 0 Å². The summed E-state index contributed by atoms with van der Waals surface area (Å²) in [4.78, 5) is 2.52. The molecule has 0 unspecified atom stereocenters. The Labute approximate surface area is 352 Å². The first kappa shape index (κ1) is 35.5. The Kier molecular flexibility index (Phi) is 8.86. The van der Waals surface area contributed by atoms with Crippen LogP contribution in [-0.4, -0.2) is 7.28 Å². The lowest BCUT2D eigenvalue weighted by Gasteiger charge is -2.37. The van der Waals surface area contributed by atoms with Crippen LogP contribution in [0.3, 0.4) is 0 Å². The SMILES string of the molecule is Cc1ccc(-c2ccccc2)cc1N1c2cc3ccccc3cc2[B]c2c(-c3c(Nc4ccc(-c5ccccc5)cc4)ccc4ccccc34)cc(-c3ccccc3)cc21. The van der Waals surface area contributed by atoms with E-state index in [-0.39, 0.29) is 0 Å². The summed E-state index contributed by atoms with van der Waals surface area (Å²) in [5, 5.41) is 8.73. The summed E-state index contributed by atoms with van der Waals surface area (Å²) in [6.07, 6.45) is 0. The summed E-state index contributed by atoms with van der Waals surface area (Å²) in [6, 6.07) is 79.3. The number of anilines is 5. The lowest BCUT2D eigenvalue weighted by molar-refractivity contribution is 1.26. The van der Waals surface area contributed by atoms with Crippen LogP contribution in [0, 0.1) is 6.92 Å². The molecule has 0 saturated heterocycles. The second-order valence-electron chi connectivity index (χ2n) is 15.7. The van der Waals surface area contributed by atoms with Gasteiger partial charge in [0.15, 0.2) is 7.28 Å². The van der Waals surface area contributed by atoms with Crippen LogP contribution in [0.4, 0.5) is 28.4 Å². The van der Waals surface area contributed by atoms with Crippen LogP contribution in [0.25, 0.3) is 66.1 Å². The first-order chi connectivity index (χ1) is 29.6. The van der Waals surface area contributed by atoms with Crippen molar-refractivity contribution in [3.05, 3.63) is 224 Å². The largest absolute Gasteiger partial charge is 0.355 e. The molecule has 10 aromatic rings. The standard InChI is InChI=1S/C57H40BN2/c1-38-25-26-46(40-17-7-3-8-18-40)35-53(38)60-54-36-45-23-12-11-22-44(45)34-51(54)58-57-50(33-47(37-55(57)60)41-19-9-4-10-20-41)56-49-24-14-13-21-43(49)29-32-52(56)59-48-30-27-42(28-31-48)39-15-5-2-6-16-39/h2-37,59H,1H3. The molecule has 1 radical (unpaired) electrons. The van der Waals surface area contributed by atoms with E-state index in [4.69, 9.17) is 0 Å².